The van der Waals surface area contributed by atoms with Crippen molar-refractivity contribution in [3.8, 4) is 0 Å². The Morgan fingerprint density at radius 3 is 2.33 bits per heavy atom. The van der Waals surface area contributed by atoms with E-state index in [4.69, 9.17) is 16.7 Å². The van der Waals surface area contributed by atoms with E-state index in [-0.39, 0.29) is 5.92 Å². The molecule has 3 heteroatoms. The first-order valence-corrected chi connectivity index (χ1v) is 3.40. The Kier molecular flexibility index (Phi) is 3.62. The highest BCUT2D eigenvalue weighted by Crippen LogP contribution is 2.13. The average molecular weight is 151 g/mol. The summed E-state index contributed by atoms with van der Waals surface area (Å²) in [4.78, 5) is 10.2. The summed E-state index contributed by atoms with van der Waals surface area (Å²) in [7, 11) is 0. The molecule has 2 nitrogen and oxygen atoms in total. The lowest BCUT2D eigenvalue weighted by Crippen LogP contribution is -2.20. The smallest absolute Gasteiger partial charge is 0.321 e. The monoisotopic (exact) mass is 150 g/mol. The van der Waals surface area contributed by atoms with Crippen LogP contribution in [0.4, 0.5) is 0 Å². The van der Waals surface area contributed by atoms with Crippen LogP contribution in [0.3, 0.4) is 0 Å². The molecule has 9 heavy (non-hydrogen) atoms. The molecule has 0 radical (unpaired) electrons. The maximum atomic E-state index is 10.2. The fourth-order valence-corrected chi connectivity index (χ4v) is 0.629. The fourth-order valence-electron chi connectivity index (χ4n) is 0.450. The molecular weight excluding hydrogens is 140 g/mol. The van der Waals surface area contributed by atoms with Crippen molar-refractivity contribution in [2.24, 2.45) is 5.92 Å². The summed E-state index contributed by atoms with van der Waals surface area (Å²) < 4.78 is 0. The van der Waals surface area contributed by atoms with Gasteiger partial charge in [0.05, 0.1) is 0 Å². The molecule has 2 atom stereocenters. The van der Waals surface area contributed by atoms with Gasteiger partial charge in [0.25, 0.3) is 0 Å². The van der Waals surface area contributed by atoms with Crippen molar-refractivity contribution in [3.05, 3.63) is 0 Å². The van der Waals surface area contributed by atoms with Crippen molar-refractivity contribution in [2.75, 3.05) is 0 Å². The van der Waals surface area contributed by atoms with E-state index in [9.17, 15) is 4.79 Å². The van der Waals surface area contributed by atoms with Gasteiger partial charge in [0, 0.05) is 0 Å². The summed E-state index contributed by atoms with van der Waals surface area (Å²) in [5.74, 6) is -0.866. The predicted octanol–water partition coefficient (Wildman–Crippen LogP) is 1.72. The molecule has 0 spiro atoms. The topological polar surface area (TPSA) is 37.3 Å². The number of hydrogen-bond acceptors (Lipinski definition) is 1. The number of aliphatic carboxylic acids is 1. The van der Waals surface area contributed by atoms with Gasteiger partial charge in [-0.15, -0.1) is 11.6 Å². The molecule has 0 saturated carbocycles. The van der Waals surface area contributed by atoms with Crippen LogP contribution in [0.5, 0.6) is 0 Å². The van der Waals surface area contributed by atoms with Crippen LogP contribution in [-0.2, 0) is 4.79 Å². The van der Waals surface area contributed by atoms with Gasteiger partial charge in [0.1, 0.15) is 5.38 Å². The third-order valence-electron chi connectivity index (χ3n) is 1.38. The predicted molar refractivity (Wildman–Crippen MR) is 36.7 cm³/mol. The molecule has 0 aromatic carbocycles. The summed E-state index contributed by atoms with van der Waals surface area (Å²) in [5.41, 5.74) is 0. The third kappa shape index (κ3) is 2.70. The number of carboxylic acids is 1. The minimum absolute atomic E-state index is 0.0594. The lowest BCUT2D eigenvalue weighted by atomic mass is 10.1. The maximum absolute atomic E-state index is 10.2. The van der Waals surface area contributed by atoms with Crippen LogP contribution in [0, 0.1) is 5.92 Å². The molecule has 0 heterocycles. The molecule has 0 aliphatic heterocycles. The zero-order chi connectivity index (χ0) is 7.44. The van der Waals surface area contributed by atoms with E-state index in [1.54, 1.807) is 0 Å². The second kappa shape index (κ2) is 3.72. The van der Waals surface area contributed by atoms with Crippen LogP contribution < -0.4 is 0 Å². The normalized spacial score (nSPS) is 16.8. The van der Waals surface area contributed by atoms with E-state index in [2.05, 4.69) is 0 Å². The zero-order valence-electron chi connectivity index (χ0n) is 5.60. The molecule has 0 aromatic rings. The van der Waals surface area contributed by atoms with Gasteiger partial charge < -0.3 is 5.11 Å². The molecule has 1 N–H and O–H groups in total. The second-order valence-electron chi connectivity index (χ2n) is 2.13. The van der Waals surface area contributed by atoms with Crippen LogP contribution in [0.2, 0.25) is 0 Å². The van der Waals surface area contributed by atoms with Crippen LogP contribution in [-0.4, -0.2) is 16.5 Å². The number of carbonyl (C=O) groups is 1. The standard InChI is InChI=1S/C6H11ClO2/c1-3-4(2)5(7)6(8)9/h4-5H,3H2,1-2H3,(H,8,9). The highest BCUT2D eigenvalue weighted by atomic mass is 35.5. The molecule has 0 aromatic heterocycles. The molecule has 0 rings (SSSR count). The van der Waals surface area contributed by atoms with E-state index in [0.717, 1.165) is 6.42 Å². The SMILES string of the molecule is CCC(C)C(Cl)C(=O)O. The van der Waals surface area contributed by atoms with Crippen molar-refractivity contribution in [3.63, 3.8) is 0 Å². The van der Waals surface area contributed by atoms with E-state index in [1.807, 2.05) is 13.8 Å². The Morgan fingerprint density at radius 1 is 1.78 bits per heavy atom. The van der Waals surface area contributed by atoms with Gasteiger partial charge in [-0.3, -0.25) is 4.79 Å². The Labute approximate surface area is 59.8 Å². The minimum atomic E-state index is -0.925. The second-order valence-corrected chi connectivity index (χ2v) is 2.60. The van der Waals surface area contributed by atoms with Crippen LogP contribution >= 0.6 is 11.6 Å². The van der Waals surface area contributed by atoms with Gasteiger partial charge >= 0.3 is 5.97 Å². The van der Waals surface area contributed by atoms with Crippen molar-refractivity contribution in [2.45, 2.75) is 25.6 Å². The largest absolute Gasteiger partial charge is 0.480 e. The van der Waals surface area contributed by atoms with Gasteiger partial charge in [0.2, 0.25) is 0 Å². The minimum Gasteiger partial charge on any atom is -0.480 e. The van der Waals surface area contributed by atoms with Gasteiger partial charge in [-0.25, -0.2) is 0 Å². The highest BCUT2D eigenvalue weighted by Gasteiger charge is 2.19. The Morgan fingerprint density at radius 2 is 2.22 bits per heavy atom. The number of carboxylic acid groups (broad SMARTS) is 1. The molecule has 54 valence electrons. The highest BCUT2D eigenvalue weighted by molar-refractivity contribution is 6.29. The van der Waals surface area contributed by atoms with Crippen molar-refractivity contribution in [1.82, 2.24) is 0 Å². The van der Waals surface area contributed by atoms with Gasteiger partial charge in [-0.05, 0) is 5.92 Å². The molecule has 0 bridgehead atoms. The van der Waals surface area contributed by atoms with Crippen molar-refractivity contribution >= 4 is 17.6 Å². The lowest BCUT2D eigenvalue weighted by Gasteiger charge is -2.09. The average Bonchev–Trinajstić information content (AvgIpc) is 1.84. The van der Waals surface area contributed by atoms with E-state index >= 15 is 0 Å². The van der Waals surface area contributed by atoms with E-state index in [0.29, 0.717) is 0 Å². The number of hydrogen-bond donors (Lipinski definition) is 1. The summed E-state index contributed by atoms with van der Waals surface area (Å²) in [5, 5.41) is 7.62. The molecule has 0 aliphatic rings. The molecule has 0 saturated heterocycles. The molecular formula is C6H11ClO2. The Bertz CT molecular complexity index is 103. The summed E-state index contributed by atoms with van der Waals surface area (Å²) in [6.45, 7) is 3.74. The van der Waals surface area contributed by atoms with Gasteiger partial charge in [-0.1, -0.05) is 20.3 Å². The Balaban J connectivity index is 3.72. The number of alkyl halides is 1. The first-order chi connectivity index (χ1) is 4.09. The molecule has 0 fully saturated rings. The quantitative estimate of drug-likeness (QED) is 0.623. The summed E-state index contributed by atoms with van der Waals surface area (Å²) in [6, 6.07) is 0. The Hall–Kier alpha value is -0.240. The zero-order valence-corrected chi connectivity index (χ0v) is 6.35. The first-order valence-electron chi connectivity index (χ1n) is 2.96. The van der Waals surface area contributed by atoms with Crippen molar-refractivity contribution < 1.29 is 9.90 Å². The summed E-state index contributed by atoms with van der Waals surface area (Å²) >= 11 is 5.47. The van der Waals surface area contributed by atoms with E-state index < -0.39 is 11.3 Å². The van der Waals surface area contributed by atoms with Crippen LogP contribution in [0.25, 0.3) is 0 Å². The third-order valence-corrected chi connectivity index (χ3v) is 2.00. The van der Waals surface area contributed by atoms with Crippen LogP contribution in [0.1, 0.15) is 20.3 Å². The van der Waals surface area contributed by atoms with Gasteiger partial charge in [-0.2, -0.15) is 0 Å². The molecule has 2 unspecified atom stereocenters. The van der Waals surface area contributed by atoms with Crippen LogP contribution in [0.15, 0.2) is 0 Å². The maximum Gasteiger partial charge on any atom is 0.321 e. The van der Waals surface area contributed by atoms with Gasteiger partial charge in [0.15, 0.2) is 0 Å². The summed E-state index contributed by atoms with van der Waals surface area (Å²) in [6.07, 6.45) is 0.806. The van der Waals surface area contributed by atoms with Crippen molar-refractivity contribution in [1.29, 1.82) is 0 Å². The molecule has 0 aliphatic carbocycles. The lowest BCUT2D eigenvalue weighted by molar-refractivity contribution is -0.137. The first kappa shape index (κ1) is 8.76. The number of halogens is 1. The number of rotatable bonds is 3. The molecule has 0 amide bonds. The fraction of sp³-hybridized carbons (Fsp3) is 0.833. The van der Waals surface area contributed by atoms with E-state index in [1.165, 1.54) is 0 Å².